The fourth-order valence-electron chi connectivity index (χ4n) is 0.739. The Balaban J connectivity index is 2.87. The number of hydrogen-bond donors (Lipinski definition) is 2. The van der Waals surface area contributed by atoms with E-state index >= 15 is 0 Å². The van der Waals surface area contributed by atoms with Crippen LogP contribution in [0, 0.1) is 0 Å². The number of rotatable bonds is 2. The highest BCUT2D eigenvalue weighted by Crippen LogP contribution is 2.10. The van der Waals surface area contributed by atoms with Crippen LogP contribution in [-0.4, -0.2) is 31.9 Å². The van der Waals surface area contributed by atoms with Gasteiger partial charge in [-0.1, -0.05) is 0 Å². The van der Waals surface area contributed by atoms with E-state index in [2.05, 4.69) is 15.4 Å². The average molecular weight is 185 g/mol. The summed E-state index contributed by atoms with van der Waals surface area (Å²) in [6.45, 7) is 5.71. The molecule has 0 aromatic carbocycles. The van der Waals surface area contributed by atoms with Crippen LogP contribution in [0.3, 0.4) is 0 Å². The predicted octanol–water partition coefficient (Wildman–Crippen LogP) is -0.580. The van der Waals surface area contributed by atoms with Crippen LogP contribution in [0.15, 0.2) is 0 Å². The van der Waals surface area contributed by atoms with Gasteiger partial charge in [0.05, 0.1) is 18.2 Å². The van der Waals surface area contributed by atoms with E-state index in [1.165, 1.54) is 4.80 Å². The molecule has 3 N–H and O–H groups in total. The Hall–Kier alpha value is -1.01. The molecule has 0 saturated carbocycles. The van der Waals surface area contributed by atoms with Gasteiger partial charge in [0.15, 0.2) is 5.82 Å². The minimum atomic E-state index is -0.545. The topological polar surface area (TPSA) is 89.9 Å². The summed E-state index contributed by atoms with van der Waals surface area (Å²) < 4.78 is 0. The smallest absolute Gasteiger partial charge is 0.193 e. The van der Waals surface area contributed by atoms with Crippen LogP contribution >= 0.6 is 0 Å². The third kappa shape index (κ3) is 2.22. The van der Waals surface area contributed by atoms with Gasteiger partial charge in [-0.15, -0.1) is 10.2 Å². The molecule has 0 radical (unpaired) electrons. The summed E-state index contributed by atoms with van der Waals surface area (Å²) in [5, 5.41) is 20.4. The number of aliphatic hydroxyl groups is 1. The summed E-state index contributed by atoms with van der Waals surface area (Å²) in [4.78, 5) is 1.48. The van der Waals surface area contributed by atoms with E-state index in [1.807, 2.05) is 20.8 Å². The van der Waals surface area contributed by atoms with Crippen molar-refractivity contribution in [1.82, 2.24) is 20.2 Å². The summed E-state index contributed by atoms with van der Waals surface area (Å²) in [5.74, 6) is 0.373. The minimum Gasteiger partial charge on any atom is -0.394 e. The molecule has 6 nitrogen and oxygen atoms in total. The first kappa shape index (κ1) is 10.1. The zero-order valence-corrected chi connectivity index (χ0v) is 8.10. The molecule has 1 aromatic heterocycles. The quantitative estimate of drug-likeness (QED) is 0.643. The van der Waals surface area contributed by atoms with Gasteiger partial charge in [0.1, 0.15) is 0 Å². The molecule has 1 atom stereocenters. The monoisotopic (exact) mass is 185 g/mol. The van der Waals surface area contributed by atoms with Crippen molar-refractivity contribution in [2.75, 3.05) is 6.61 Å². The second-order valence-corrected chi connectivity index (χ2v) is 3.90. The predicted molar refractivity (Wildman–Crippen MR) is 46.8 cm³/mol. The molecule has 0 bridgehead atoms. The average Bonchev–Trinajstić information content (AvgIpc) is 2.50. The van der Waals surface area contributed by atoms with Crippen molar-refractivity contribution in [3.05, 3.63) is 5.82 Å². The van der Waals surface area contributed by atoms with Crippen LogP contribution < -0.4 is 5.73 Å². The fraction of sp³-hybridized carbons (Fsp3) is 0.857. The van der Waals surface area contributed by atoms with Crippen LogP contribution in [-0.2, 0) is 5.54 Å². The van der Waals surface area contributed by atoms with Gasteiger partial charge in [-0.25, -0.2) is 0 Å². The van der Waals surface area contributed by atoms with Crippen LogP contribution in [0.1, 0.15) is 32.6 Å². The molecule has 0 spiro atoms. The van der Waals surface area contributed by atoms with Crippen LogP contribution in [0.4, 0.5) is 0 Å². The molecule has 0 amide bonds. The molecule has 13 heavy (non-hydrogen) atoms. The molecule has 1 unspecified atom stereocenters. The van der Waals surface area contributed by atoms with Crippen molar-refractivity contribution in [2.24, 2.45) is 5.73 Å². The Morgan fingerprint density at radius 3 is 2.54 bits per heavy atom. The lowest BCUT2D eigenvalue weighted by atomic mass is 10.1. The molecule has 0 aliphatic rings. The Kier molecular flexibility index (Phi) is 2.63. The van der Waals surface area contributed by atoms with Gasteiger partial charge in [0.25, 0.3) is 0 Å². The molecule has 74 valence electrons. The largest absolute Gasteiger partial charge is 0.394 e. The first-order valence-electron chi connectivity index (χ1n) is 4.12. The molecule has 1 aromatic rings. The van der Waals surface area contributed by atoms with E-state index in [1.54, 1.807) is 0 Å². The normalized spacial score (nSPS) is 14.5. The zero-order valence-electron chi connectivity index (χ0n) is 8.10. The van der Waals surface area contributed by atoms with Crippen molar-refractivity contribution >= 4 is 0 Å². The summed E-state index contributed by atoms with van der Waals surface area (Å²) in [7, 11) is 0. The van der Waals surface area contributed by atoms with Gasteiger partial charge >= 0.3 is 0 Å². The maximum atomic E-state index is 8.76. The SMILES string of the molecule is CC(C)(C)n1nnc(C(N)CO)n1. The van der Waals surface area contributed by atoms with E-state index in [0.717, 1.165) is 0 Å². The Bertz CT molecular complexity index is 277. The second-order valence-electron chi connectivity index (χ2n) is 3.90. The number of aliphatic hydroxyl groups excluding tert-OH is 1. The summed E-state index contributed by atoms with van der Waals surface area (Å²) in [5.41, 5.74) is 5.31. The molecule has 0 fully saturated rings. The number of nitrogens with two attached hydrogens (primary N) is 1. The Morgan fingerprint density at radius 1 is 1.54 bits per heavy atom. The van der Waals surface area contributed by atoms with E-state index in [9.17, 15) is 0 Å². The van der Waals surface area contributed by atoms with E-state index in [0.29, 0.717) is 5.82 Å². The van der Waals surface area contributed by atoms with Gasteiger partial charge in [-0.05, 0) is 26.0 Å². The van der Waals surface area contributed by atoms with Gasteiger partial charge in [-0.2, -0.15) is 4.80 Å². The first-order chi connectivity index (χ1) is 5.95. The standard InChI is InChI=1S/C7H15N5O/c1-7(2,3)12-10-6(9-11-12)5(8)4-13/h5,13H,4,8H2,1-3H3. The highest BCUT2D eigenvalue weighted by molar-refractivity contribution is 4.87. The molecule has 6 heteroatoms. The number of aromatic nitrogens is 4. The van der Waals surface area contributed by atoms with E-state index in [-0.39, 0.29) is 12.1 Å². The van der Waals surface area contributed by atoms with Crippen molar-refractivity contribution in [3.63, 3.8) is 0 Å². The van der Waals surface area contributed by atoms with Gasteiger partial charge in [0, 0.05) is 0 Å². The Morgan fingerprint density at radius 2 is 2.15 bits per heavy atom. The van der Waals surface area contributed by atoms with E-state index in [4.69, 9.17) is 10.8 Å². The third-order valence-corrected chi connectivity index (χ3v) is 1.56. The highest BCUT2D eigenvalue weighted by atomic mass is 16.3. The first-order valence-corrected chi connectivity index (χ1v) is 4.12. The van der Waals surface area contributed by atoms with Crippen molar-refractivity contribution in [3.8, 4) is 0 Å². The number of nitrogens with zero attached hydrogens (tertiary/aromatic N) is 4. The zero-order chi connectivity index (χ0) is 10.1. The molecule has 1 heterocycles. The Labute approximate surface area is 76.7 Å². The van der Waals surface area contributed by atoms with Crippen molar-refractivity contribution in [1.29, 1.82) is 0 Å². The van der Waals surface area contributed by atoms with E-state index < -0.39 is 6.04 Å². The second kappa shape index (κ2) is 3.39. The molecule has 0 aliphatic carbocycles. The van der Waals surface area contributed by atoms with Crippen LogP contribution in [0.5, 0.6) is 0 Å². The third-order valence-electron chi connectivity index (χ3n) is 1.56. The molecule has 0 aliphatic heterocycles. The lowest BCUT2D eigenvalue weighted by molar-refractivity contribution is 0.260. The summed E-state index contributed by atoms with van der Waals surface area (Å²) in [6, 6.07) is -0.545. The summed E-state index contributed by atoms with van der Waals surface area (Å²) in [6.07, 6.45) is 0. The minimum absolute atomic E-state index is 0.171. The lowest BCUT2D eigenvalue weighted by Crippen LogP contribution is -2.25. The fourth-order valence-corrected chi connectivity index (χ4v) is 0.739. The summed E-state index contributed by atoms with van der Waals surface area (Å²) >= 11 is 0. The van der Waals surface area contributed by atoms with Crippen molar-refractivity contribution < 1.29 is 5.11 Å². The molecular formula is C7H15N5O. The molecular weight excluding hydrogens is 170 g/mol. The van der Waals surface area contributed by atoms with Gasteiger partial charge in [0.2, 0.25) is 0 Å². The number of tetrazole rings is 1. The maximum absolute atomic E-state index is 8.76. The van der Waals surface area contributed by atoms with Gasteiger partial charge < -0.3 is 10.8 Å². The van der Waals surface area contributed by atoms with Crippen molar-refractivity contribution in [2.45, 2.75) is 32.4 Å². The van der Waals surface area contributed by atoms with Crippen LogP contribution in [0.2, 0.25) is 0 Å². The highest BCUT2D eigenvalue weighted by Gasteiger charge is 2.19. The number of hydrogen-bond acceptors (Lipinski definition) is 5. The van der Waals surface area contributed by atoms with Crippen LogP contribution in [0.25, 0.3) is 0 Å². The molecule has 1 rings (SSSR count). The maximum Gasteiger partial charge on any atom is 0.193 e. The lowest BCUT2D eigenvalue weighted by Gasteiger charge is -2.15. The van der Waals surface area contributed by atoms with Gasteiger partial charge in [-0.3, -0.25) is 0 Å². The molecule has 0 saturated heterocycles.